The van der Waals surface area contributed by atoms with Crippen LogP contribution in [-0.4, -0.2) is 68.8 Å². The minimum Gasteiger partial charge on any atom is -0.478 e. The van der Waals surface area contributed by atoms with E-state index in [1.807, 2.05) is 63.3 Å². The summed E-state index contributed by atoms with van der Waals surface area (Å²) in [5.41, 5.74) is 10.4. The van der Waals surface area contributed by atoms with Gasteiger partial charge in [0.05, 0.1) is 18.3 Å². The van der Waals surface area contributed by atoms with Crippen LogP contribution < -0.4 is 11.5 Å². The number of aliphatic hydroxyl groups excluding tert-OH is 3. The fourth-order valence-corrected chi connectivity index (χ4v) is 12.9. The van der Waals surface area contributed by atoms with Crippen LogP contribution in [0.4, 0.5) is 0 Å². The SMILES string of the molecule is C/C(=C\[C@@H](O)[C@@H](CN=C(N)N)[C@@H](C)[C@H]1C[C@H](O)[C@@]2(C)C3=C(C(=O)C[C@]12C1CCCC1)[C@@]1(C)CCC(=O)C(C)(C)[C@H]1[C@@H](/C=C/c1ccccc1)[C@H]3O)C(=O)O. The van der Waals surface area contributed by atoms with Crippen molar-refractivity contribution in [1.82, 2.24) is 0 Å². The van der Waals surface area contributed by atoms with Crippen LogP contribution in [0.25, 0.3) is 6.08 Å². The van der Waals surface area contributed by atoms with Crippen LogP contribution in [0.2, 0.25) is 0 Å². The van der Waals surface area contributed by atoms with E-state index in [9.17, 15) is 30.0 Å². The Morgan fingerprint density at radius 1 is 1.06 bits per heavy atom. The first-order valence-corrected chi connectivity index (χ1v) is 19.9. The molecule has 0 spiro atoms. The van der Waals surface area contributed by atoms with Gasteiger partial charge in [0.2, 0.25) is 0 Å². The lowest BCUT2D eigenvalue weighted by molar-refractivity contribution is -0.155. The average molecular weight is 744 g/mol. The van der Waals surface area contributed by atoms with Gasteiger partial charge in [0.1, 0.15) is 5.78 Å². The van der Waals surface area contributed by atoms with E-state index in [2.05, 4.69) is 18.8 Å². The number of hydrogen-bond acceptors (Lipinski definition) is 7. The number of hydrogen-bond donors (Lipinski definition) is 6. The third-order valence-corrected chi connectivity index (χ3v) is 15.4. The zero-order chi connectivity index (χ0) is 39.5. The predicted octanol–water partition coefficient (Wildman–Crippen LogP) is 5.45. The Morgan fingerprint density at radius 2 is 1.70 bits per heavy atom. The van der Waals surface area contributed by atoms with E-state index in [4.69, 9.17) is 11.5 Å². The first-order valence-electron chi connectivity index (χ1n) is 19.9. The number of carboxylic acids is 1. The van der Waals surface area contributed by atoms with Crippen LogP contribution in [0, 0.1) is 57.2 Å². The molecule has 0 aliphatic heterocycles. The second kappa shape index (κ2) is 14.5. The number of nitrogens with two attached hydrogens (primary N) is 2. The molecule has 5 aliphatic carbocycles. The molecule has 3 saturated carbocycles. The van der Waals surface area contributed by atoms with Gasteiger partial charge in [-0.2, -0.15) is 0 Å². The molecular formula is C44H61N3O7. The summed E-state index contributed by atoms with van der Waals surface area (Å²) in [5.74, 6) is -3.30. The smallest absolute Gasteiger partial charge is 0.331 e. The highest BCUT2D eigenvalue weighted by molar-refractivity contribution is 6.01. The van der Waals surface area contributed by atoms with Gasteiger partial charge in [-0.25, -0.2) is 4.79 Å². The molecular weight excluding hydrogens is 682 g/mol. The van der Waals surface area contributed by atoms with Crippen LogP contribution in [-0.2, 0) is 14.4 Å². The lowest BCUT2D eigenvalue weighted by Crippen LogP contribution is -2.64. The standard InChI is InChI=1S/C44H61N3O7/c1-24(39(53)54)20-31(48)29(23-47-40(45)46)25(2)30-21-34(51)43(6)36-35(32(49)22-44(30,43)27-14-10-11-15-27)42(5)19-18-33(50)41(3,4)38(42)28(37(36)52)17-16-26-12-8-7-9-13-26/h7-9,12-13,16-17,20,25,27-31,34,37-38,48,51-52H,10-11,14-15,18-19,21-23H2,1-6H3,(H,53,54)(H4,45,46,47)/b17-16+,24-20+/t25-,28+,29+,30-,31-,34+,37-,38-,42-,43+,44+/m1/s1. The number of aliphatic imine (C=N–C) groups is 1. The maximum atomic E-state index is 15.3. The molecule has 11 atom stereocenters. The molecule has 3 fully saturated rings. The summed E-state index contributed by atoms with van der Waals surface area (Å²) in [5, 5.41) is 47.0. The van der Waals surface area contributed by atoms with Crippen LogP contribution in [0.3, 0.4) is 0 Å². The van der Waals surface area contributed by atoms with Crippen molar-refractivity contribution >= 4 is 29.6 Å². The molecule has 294 valence electrons. The molecule has 0 aromatic heterocycles. The highest BCUT2D eigenvalue weighted by atomic mass is 16.4. The van der Waals surface area contributed by atoms with Gasteiger partial charge in [-0.15, -0.1) is 0 Å². The van der Waals surface area contributed by atoms with Crippen molar-refractivity contribution in [2.75, 3.05) is 6.54 Å². The van der Waals surface area contributed by atoms with Crippen molar-refractivity contribution < 1.29 is 34.8 Å². The monoisotopic (exact) mass is 743 g/mol. The molecule has 5 aliphatic rings. The quantitative estimate of drug-likeness (QED) is 0.103. The van der Waals surface area contributed by atoms with Crippen molar-refractivity contribution in [2.45, 2.75) is 111 Å². The first-order chi connectivity index (χ1) is 25.3. The minimum absolute atomic E-state index is 0.00884. The Morgan fingerprint density at radius 3 is 2.31 bits per heavy atom. The Hall–Kier alpha value is -3.60. The number of aliphatic hydroxyl groups is 3. The topological polar surface area (TPSA) is 197 Å². The molecule has 1 aromatic rings. The number of guanidine groups is 1. The zero-order valence-corrected chi connectivity index (χ0v) is 32.8. The summed E-state index contributed by atoms with van der Waals surface area (Å²) in [7, 11) is 0. The van der Waals surface area contributed by atoms with E-state index in [0.29, 0.717) is 30.4 Å². The molecule has 10 nitrogen and oxygen atoms in total. The molecule has 0 amide bonds. The number of ketones is 2. The van der Waals surface area contributed by atoms with Crippen molar-refractivity contribution in [3.05, 3.63) is 64.8 Å². The average Bonchev–Trinajstić information content (AvgIpc) is 3.73. The Labute approximate surface area is 319 Å². The Balaban J connectivity index is 1.57. The van der Waals surface area contributed by atoms with E-state index in [1.165, 1.54) is 13.0 Å². The highest BCUT2D eigenvalue weighted by Gasteiger charge is 2.74. The number of carbonyl (C=O) groups excluding carboxylic acids is 2. The van der Waals surface area contributed by atoms with Gasteiger partial charge in [0, 0.05) is 58.6 Å². The van der Waals surface area contributed by atoms with Gasteiger partial charge in [-0.1, -0.05) is 89.9 Å². The van der Waals surface area contributed by atoms with Crippen molar-refractivity contribution in [3.63, 3.8) is 0 Å². The summed E-state index contributed by atoms with van der Waals surface area (Å²) >= 11 is 0. The molecule has 1 aromatic carbocycles. The Kier molecular flexibility index (Phi) is 10.7. The first kappa shape index (κ1) is 40.1. The lowest BCUT2D eigenvalue weighted by atomic mass is 9.38. The summed E-state index contributed by atoms with van der Waals surface area (Å²) in [4.78, 5) is 45.2. The molecule has 8 N–H and O–H groups in total. The van der Waals surface area contributed by atoms with Crippen molar-refractivity contribution in [3.8, 4) is 0 Å². The molecule has 0 unspecified atom stereocenters. The zero-order valence-electron chi connectivity index (χ0n) is 32.8. The number of aliphatic carboxylic acids is 1. The number of carboxylic acid groups (broad SMARTS) is 1. The maximum absolute atomic E-state index is 15.3. The summed E-state index contributed by atoms with van der Waals surface area (Å²) in [6, 6.07) is 9.86. The maximum Gasteiger partial charge on any atom is 0.331 e. The number of nitrogens with zero attached hydrogens (tertiary/aromatic N) is 1. The molecule has 54 heavy (non-hydrogen) atoms. The summed E-state index contributed by atoms with van der Waals surface area (Å²) in [6.45, 7) is 11.6. The summed E-state index contributed by atoms with van der Waals surface area (Å²) < 4.78 is 0. The normalized spacial score (nSPS) is 37.1. The second-order valence-corrected chi connectivity index (χ2v) is 18.2. The van der Waals surface area contributed by atoms with Crippen LogP contribution in [0.1, 0.15) is 98.5 Å². The van der Waals surface area contributed by atoms with E-state index < -0.39 is 57.8 Å². The van der Waals surface area contributed by atoms with Crippen molar-refractivity contribution in [2.24, 2.45) is 73.6 Å². The number of Topliss-reactive ketones (excluding diaryl/α,β-unsaturated/α-hetero) is 2. The minimum atomic E-state index is -1.22. The number of allylic oxidation sites excluding steroid dienone is 1. The van der Waals surface area contributed by atoms with Gasteiger partial charge >= 0.3 is 5.97 Å². The van der Waals surface area contributed by atoms with E-state index >= 15 is 4.79 Å². The van der Waals surface area contributed by atoms with Crippen LogP contribution in [0.15, 0.2) is 64.2 Å². The molecule has 10 heteroatoms. The molecule has 6 rings (SSSR count). The summed E-state index contributed by atoms with van der Waals surface area (Å²) in [6.07, 6.45) is 7.13. The van der Waals surface area contributed by atoms with Crippen LogP contribution in [0.5, 0.6) is 0 Å². The number of rotatable bonds is 10. The van der Waals surface area contributed by atoms with E-state index in [0.717, 1.165) is 31.2 Å². The number of carbonyl (C=O) groups is 3. The van der Waals surface area contributed by atoms with Gasteiger partial charge < -0.3 is 31.9 Å². The highest BCUT2D eigenvalue weighted by Crippen LogP contribution is 2.75. The van der Waals surface area contributed by atoms with Crippen LogP contribution >= 0.6 is 0 Å². The second-order valence-electron chi connectivity index (χ2n) is 18.2. The number of benzene rings is 1. The molecule has 0 heterocycles. The predicted molar refractivity (Wildman–Crippen MR) is 209 cm³/mol. The third kappa shape index (κ3) is 6.11. The fourth-order valence-electron chi connectivity index (χ4n) is 12.9. The molecule has 0 radical (unpaired) electrons. The Bertz CT molecular complexity index is 1770. The van der Waals surface area contributed by atoms with E-state index in [-0.39, 0.29) is 59.7 Å². The molecule has 0 saturated heterocycles. The van der Waals surface area contributed by atoms with Crippen molar-refractivity contribution in [1.29, 1.82) is 0 Å². The fraction of sp³-hybridized carbons (Fsp3) is 0.636. The lowest BCUT2D eigenvalue weighted by Gasteiger charge is -2.65. The van der Waals surface area contributed by atoms with E-state index in [1.54, 1.807) is 0 Å². The van der Waals surface area contributed by atoms with Gasteiger partial charge in [0.15, 0.2) is 11.7 Å². The van der Waals surface area contributed by atoms with Gasteiger partial charge in [-0.3, -0.25) is 14.6 Å². The largest absolute Gasteiger partial charge is 0.478 e. The molecule has 0 bridgehead atoms. The third-order valence-electron chi connectivity index (χ3n) is 15.4. The van der Waals surface area contributed by atoms with Gasteiger partial charge in [-0.05, 0) is 78.9 Å². The number of fused-ring (bicyclic) bond motifs is 4. The van der Waals surface area contributed by atoms with Gasteiger partial charge in [0.25, 0.3) is 0 Å².